The summed E-state index contributed by atoms with van der Waals surface area (Å²) < 4.78 is 19.5. The van der Waals surface area contributed by atoms with Gasteiger partial charge in [0, 0.05) is 43.2 Å². The molecule has 1 atom stereocenters. The molecule has 2 amide bonds. The molecule has 3 aromatic rings. The Labute approximate surface area is 245 Å². The number of carbonyl (C=O) groups is 2. The van der Waals surface area contributed by atoms with Crippen molar-refractivity contribution in [2.75, 3.05) is 45.9 Å². The first-order valence-electron chi connectivity index (χ1n) is 13.9. The van der Waals surface area contributed by atoms with Gasteiger partial charge in [-0.15, -0.1) is 0 Å². The van der Waals surface area contributed by atoms with E-state index in [-0.39, 0.29) is 18.0 Å². The minimum absolute atomic E-state index is 0.197. The van der Waals surface area contributed by atoms with Crippen LogP contribution in [-0.4, -0.2) is 78.3 Å². The highest BCUT2D eigenvalue weighted by atomic mass is 35.5. The van der Waals surface area contributed by atoms with Crippen molar-refractivity contribution in [1.29, 1.82) is 0 Å². The molecule has 0 radical (unpaired) electrons. The summed E-state index contributed by atoms with van der Waals surface area (Å²) in [5.41, 5.74) is 5.03. The van der Waals surface area contributed by atoms with Crippen molar-refractivity contribution in [3.05, 3.63) is 105 Å². The van der Waals surface area contributed by atoms with Crippen LogP contribution < -0.4 is 0 Å². The average Bonchev–Trinajstić information content (AvgIpc) is 3.42. The van der Waals surface area contributed by atoms with E-state index < -0.39 is 17.8 Å². The number of nitrogens with zero attached hydrogens (tertiary/aromatic N) is 4. The molecule has 214 valence electrons. The Balaban J connectivity index is 1.44. The van der Waals surface area contributed by atoms with Crippen LogP contribution in [0.5, 0.6) is 0 Å². The zero-order valence-electron chi connectivity index (χ0n) is 23.4. The van der Waals surface area contributed by atoms with E-state index in [4.69, 9.17) is 21.4 Å². The number of halogens is 2. The minimum Gasteiger partial charge on any atom is -0.379 e. The monoisotopic (exact) mass is 576 g/mol. The topological polar surface area (TPSA) is 65.5 Å². The van der Waals surface area contributed by atoms with E-state index in [0.717, 1.165) is 35.5 Å². The lowest BCUT2D eigenvalue weighted by Crippen LogP contribution is -2.46. The molecule has 2 aliphatic rings. The third-order valence-electron chi connectivity index (χ3n) is 7.74. The number of hydrogen-bond acceptors (Lipinski definition) is 5. The van der Waals surface area contributed by atoms with Crippen LogP contribution in [0.3, 0.4) is 0 Å². The van der Waals surface area contributed by atoms with Gasteiger partial charge < -0.3 is 9.64 Å². The number of hydrazone groups is 1. The molecule has 1 fully saturated rings. The van der Waals surface area contributed by atoms with Gasteiger partial charge in [-0.25, -0.2) is 9.40 Å². The molecule has 0 aromatic heterocycles. The molecule has 0 N–H and O–H groups in total. The van der Waals surface area contributed by atoms with Crippen molar-refractivity contribution < 1.29 is 18.7 Å². The van der Waals surface area contributed by atoms with Crippen molar-refractivity contribution in [1.82, 2.24) is 14.8 Å². The van der Waals surface area contributed by atoms with E-state index in [1.165, 1.54) is 33.7 Å². The second-order valence-corrected chi connectivity index (χ2v) is 10.9. The number of carbonyl (C=O) groups excluding carboxylic acids is 2. The van der Waals surface area contributed by atoms with Gasteiger partial charge in [0.15, 0.2) is 0 Å². The lowest BCUT2D eigenvalue weighted by Gasteiger charge is -2.31. The van der Waals surface area contributed by atoms with E-state index in [2.05, 4.69) is 17.9 Å². The van der Waals surface area contributed by atoms with Gasteiger partial charge in [0.05, 0.1) is 25.0 Å². The zero-order valence-corrected chi connectivity index (χ0v) is 24.1. The van der Waals surface area contributed by atoms with E-state index in [0.29, 0.717) is 37.7 Å². The van der Waals surface area contributed by atoms with Crippen LogP contribution >= 0.6 is 11.6 Å². The summed E-state index contributed by atoms with van der Waals surface area (Å²) in [6.45, 7) is 7.53. The highest BCUT2D eigenvalue weighted by molar-refractivity contribution is 6.31. The molecule has 2 aliphatic heterocycles. The summed E-state index contributed by atoms with van der Waals surface area (Å²) in [5.74, 6) is -1.24. The summed E-state index contributed by atoms with van der Waals surface area (Å²) in [6.07, 6.45) is 0.490. The Morgan fingerprint density at radius 2 is 1.80 bits per heavy atom. The van der Waals surface area contributed by atoms with Crippen molar-refractivity contribution >= 4 is 29.1 Å². The first-order valence-corrected chi connectivity index (χ1v) is 14.2. The fourth-order valence-corrected chi connectivity index (χ4v) is 5.46. The third kappa shape index (κ3) is 6.84. The van der Waals surface area contributed by atoms with Gasteiger partial charge in [0.2, 0.25) is 0 Å². The van der Waals surface area contributed by atoms with Gasteiger partial charge in [0.25, 0.3) is 11.8 Å². The second kappa shape index (κ2) is 12.9. The van der Waals surface area contributed by atoms with Crippen LogP contribution in [0, 0.1) is 19.7 Å². The highest BCUT2D eigenvalue weighted by Crippen LogP contribution is 2.36. The predicted octanol–water partition coefficient (Wildman–Crippen LogP) is 5.25. The Kier molecular flexibility index (Phi) is 9.12. The first-order chi connectivity index (χ1) is 19.8. The SMILES string of the molecule is Cc1ccc(C2=NN(C(=O)CN(CCN3CCOCC3)C(=O)c3cccc(F)c3)[C@H](c3ccccc3Cl)C2)cc1C. The zero-order chi connectivity index (χ0) is 28.9. The molecule has 0 spiro atoms. The molecule has 1 saturated heterocycles. The summed E-state index contributed by atoms with van der Waals surface area (Å²) in [7, 11) is 0. The quantitative estimate of drug-likeness (QED) is 0.367. The highest BCUT2D eigenvalue weighted by Gasteiger charge is 2.35. The van der Waals surface area contributed by atoms with Gasteiger partial charge in [0.1, 0.15) is 12.4 Å². The molecule has 0 saturated carbocycles. The molecule has 0 aliphatic carbocycles. The van der Waals surface area contributed by atoms with Gasteiger partial charge in [-0.2, -0.15) is 5.10 Å². The maximum atomic E-state index is 14.0. The smallest absolute Gasteiger partial charge is 0.262 e. The molecule has 0 bridgehead atoms. The molecule has 3 aromatic carbocycles. The number of amides is 2. The standard InChI is InChI=1S/C32H34ClFN4O3/c1-22-10-11-24(18-23(22)2)29-20-30(27-8-3-4-9-28(27)33)38(35-29)31(39)21-37(13-12-36-14-16-41-17-15-36)32(40)25-6-5-7-26(34)19-25/h3-11,18-19,30H,12-17,20-21H2,1-2H3/t30-/m0/s1. The van der Waals surface area contributed by atoms with Crippen LogP contribution in [0.2, 0.25) is 5.02 Å². The Morgan fingerprint density at radius 3 is 2.54 bits per heavy atom. The summed E-state index contributed by atoms with van der Waals surface area (Å²) >= 11 is 6.60. The second-order valence-electron chi connectivity index (χ2n) is 10.5. The normalized spacial score (nSPS) is 17.4. The molecule has 0 unspecified atom stereocenters. The summed E-state index contributed by atoms with van der Waals surface area (Å²) in [5, 5.41) is 6.81. The van der Waals surface area contributed by atoms with Gasteiger partial charge in [-0.1, -0.05) is 48.0 Å². The van der Waals surface area contributed by atoms with E-state index in [1.807, 2.05) is 37.3 Å². The fourth-order valence-electron chi connectivity index (χ4n) is 5.20. The molecule has 9 heteroatoms. The number of ether oxygens (including phenoxy) is 1. The lowest BCUT2D eigenvalue weighted by molar-refractivity contribution is -0.133. The minimum atomic E-state index is -0.503. The fraction of sp³-hybridized carbons (Fsp3) is 0.344. The number of rotatable bonds is 8. The largest absolute Gasteiger partial charge is 0.379 e. The van der Waals surface area contributed by atoms with Crippen LogP contribution in [0.4, 0.5) is 4.39 Å². The van der Waals surface area contributed by atoms with E-state index in [9.17, 15) is 14.0 Å². The van der Waals surface area contributed by atoms with Gasteiger partial charge >= 0.3 is 0 Å². The van der Waals surface area contributed by atoms with Crippen LogP contribution in [0.25, 0.3) is 0 Å². The van der Waals surface area contributed by atoms with Crippen molar-refractivity contribution in [3.63, 3.8) is 0 Å². The van der Waals surface area contributed by atoms with Gasteiger partial charge in [-0.05, 0) is 66.4 Å². The van der Waals surface area contributed by atoms with Crippen molar-refractivity contribution in [3.8, 4) is 0 Å². The average molecular weight is 577 g/mol. The maximum absolute atomic E-state index is 14.0. The van der Waals surface area contributed by atoms with E-state index in [1.54, 1.807) is 12.1 Å². The number of morpholine rings is 1. The Hall–Kier alpha value is -3.59. The van der Waals surface area contributed by atoms with E-state index >= 15 is 0 Å². The van der Waals surface area contributed by atoms with Crippen LogP contribution in [0.1, 0.15) is 45.1 Å². The molecule has 7 nitrogen and oxygen atoms in total. The van der Waals surface area contributed by atoms with Crippen molar-refractivity contribution in [2.45, 2.75) is 26.3 Å². The predicted molar refractivity (Wildman–Crippen MR) is 158 cm³/mol. The Bertz CT molecular complexity index is 1460. The number of benzene rings is 3. The first kappa shape index (κ1) is 28.9. The third-order valence-corrected chi connectivity index (χ3v) is 8.09. The molecule has 5 rings (SSSR count). The van der Waals surface area contributed by atoms with Crippen LogP contribution in [0.15, 0.2) is 71.8 Å². The molecule has 41 heavy (non-hydrogen) atoms. The summed E-state index contributed by atoms with van der Waals surface area (Å²) in [4.78, 5) is 31.2. The molecular formula is C32H34ClFN4O3. The van der Waals surface area contributed by atoms with Gasteiger partial charge in [-0.3, -0.25) is 14.5 Å². The van der Waals surface area contributed by atoms with Crippen molar-refractivity contribution in [2.24, 2.45) is 5.10 Å². The maximum Gasteiger partial charge on any atom is 0.262 e. The number of hydrogen-bond donors (Lipinski definition) is 0. The summed E-state index contributed by atoms with van der Waals surface area (Å²) in [6, 6.07) is 18.7. The molecule has 2 heterocycles. The van der Waals surface area contributed by atoms with Crippen LogP contribution in [-0.2, 0) is 9.53 Å². The Morgan fingerprint density at radius 1 is 1.02 bits per heavy atom. The molecular weight excluding hydrogens is 543 g/mol. The number of aryl methyl sites for hydroxylation is 2. The lowest BCUT2D eigenvalue weighted by atomic mass is 9.96.